The third kappa shape index (κ3) is 6.36. The van der Waals surface area contributed by atoms with Crippen molar-refractivity contribution in [3.8, 4) is 17.6 Å². The molecule has 0 heterocycles. The van der Waals surface area contributed by atoms with E-state index in [1.54, 1.807) is 42.5 Å². The Kier molecular flexibility index (Phi) is 7.01. The number of amides is 2. The molecule has 0 aliphatic rings. The standard InChI is InChI=1S/C19H17FN2O3/c20-16-10-4-5-11-17(16)25-13-7-6-12-21-18(23)14-22-19(24)15-8-2-1-3-9-15/h1-5,8-11H,12-14H2,(H,21,23)(H,22,24). The molecule has 2 aromatic rings. The average molecular weight is 340 g/mol. The Morgan fingerprint density at radius 1 is 0.960 bits per heavy atom. The van der Waals surface area contributed by atoms with E-state index in [-0.39, 0.29) is 37.3 Å². The highest BCUT2D eigenvalue weighted by Gasteiger charge is 2.06. The summed E-state index contributed by atoms with van der Waals surface area (Å²) in [5.74, 6) is 4.35. The van der Waals surface area contributed by atoms with E-state index in [4.69, 9.17) is 4.74 Å². The van der Waals surface area contributed by atoms with Crippen LogP contribution in [0.5, 0.6) is 5.75 Å². The van der Waals surface area contributed by atoms with E-state index in [0.29, 0.717) is 5.56 Å². The van der Waals surface area contributed by atoms with Crippen molar-refractivity contribution in [3.05, 3.63) is 66.0 Å². The van der Waals surface area contributed by atoms with Crippen LogP contribution < -0.4 is 15.4 Å². The predicted molar refractivity (Wildman–Crippen MR) is 91.5 cm³/mol. The summed E-state index contributed by atoms with van der Waals surface area (Å²) in [5, 5.41) is 5.06. The van der Waals surface area contributed by atoms with E-state index < -0.39 is 5.82 Å². The minimum absolute atomic E-state index is 0.0154. The molecule has 6 heteroatoms. The summed E-state index contributed by atoms with van der Waals surface area (Å²) < 4.78 is 18.4. The highest BCUT2D eigenvalue weighted by atomic mass is 19.1. The molecule has 25 heavy (non-hydrogen) atoms. The summed E-state index contributed by atoms with van der Waals surface area (Å²) in [7, 11) is 0. The molecule has 0 atom stereocenters. The lowest BCUT2D eigenvalue weighted by molar-refractivity contribution is -0.119. The van der Waals surface area contributed by atoms with Crippen LogP contribution in [0.1, 0.15) is 10.4 Å². The molecule has 2 N–H and O–H groups in total. The van der Waals surface area contributed by atoms with Gasteiger partial charge >= 0.3 is 0 Å². The smallest absolute Gasteiger partial charge is 0.251 e. The third-order valence-electron chi connectivity index (χ3n) is 3.08. The van der Waals surface area contributed by atoms with E-state index in [1.807, 2.05) is 0 Å². The number of halogens is 1. The molecule has 0 radical (unpaired) electrons. The highest BCUT2D eigenvalue weighted by Crippen LogP contribution is 2.14. The number of benzene rings is 2. The van der Waals surface area contributed by atoms with Gasteiger partial charge in [-0.05, 0) is 24.3 Å². The van der Waals surface area contributed by atoms with Gasteiger partial charge in [0.15, 0.2) is 11.6 Å². The SMILES string of the molecule is O=C(CNC(=O)c1ccccc1)NCC#CCOc1ccccc1F. The first kappa shape index (κ1) is 18.0. The van der Waals surface area contributed by atoms with Crippen LogP contribution in [0.2, 0.25) is 0 Å². The first-order valence-corrected chi connectivity index (χ1v) is 7.60. The van der Waals surface area contributed by atoms with Crippen molar-refractivity contribution in [2.75, 3.05) is 19.7 Å². The Bertz CT molecular complexity index is 782. The average Bonchev–Trinajstić information content (AvgIpc) is 2.64. The van der Waals surface area contributed by atoms with Gasteiger partial charge in [-0.25, -0.2) is 4.39 Å². The van der Waals surface area contributed by atoms with Crippen molar-refractivity contribution < 1.29 is 18.7 Å². The lowest BCUT2D eigenvalue weighted by Gasteiger charge is -2.05. The molecule has 0 aliphatic heterocycles. The van der Waals surface area contributed by atoms with Gasteiger partial charge in [0.1, 0.15) is 6.61 Å². The summed E-state index contributed by atoms with van der Waals surface area (Å²) >= 11 is 0. The van der Waals surface area contributed by atoms with E-state index in [2.05, 4.69) is 22.5 Å². The van der Waals surface area contributed by atoms with Gasteiger partial charge in [-0.3, -0.25) is 9.59 Å². The number of rotatable bonds is 6. The molecule has 0 fully saturated rings. The number of hydrogen-bond acceptors (Lipinski definition) is 3. The lowest BCUT2D eigenvalue weighted by atomic mass is 10.2. The lowest BCUT2D eigenvalue weighted by Crippen LogP contribution is -2.37. The zero-order valence-electron chi connectivity index (χ0n) is 13.4. The second kappa shape index (κ2) is 9.73. The Morgan fingerprint density at radius 3 is 2.44 bits per heavy atom. The van der Waals surface area contributed by atoms with Crippen molar-refractivity contribution in [1.82, 2.24) is 10.6 Å². The molecule has 0 saturated carbocycles. The van der Waals surface area contributed by atoms with Crippen molar-refractivity contribution >= 4 is 11.8 Å². The van der Waals surface area contributed by atoms with Crippen LogP contribution in [0.4, 0.5) is 4.39 Å². The molecule has 0 unspecified atom stereocenters. The second-order valence-electron chi connectivity index (χ2n) is 4.90. The molecule has 2 rings (SSSR count). The Morgan fingerprint density at radius 2 is 1.68 bits per heavy atom. The van der Waals surface area contributed by atoms with Crippen LogP contribution in [0.3, 0.4) is 0 Å². The second-order valence-corrected chi connectivity index (χ2v) is 4.90. The van der Waals surface area contributed by atoms with Gasteiger partial charge in [0.25, 0.3) is 5.91 Å². The Labute approximate surface area is 145 Å². The number of para-hydroxylation sites is 1. The normalized spacial score (nSPS) is 9.48. The van der Waals surface area contributed by atoms with Gasteiger partial charge in [0.05, 0.1) is 13.1 Å². The van der Waals surface area contributed by atoms with Crippen molar-refractivity contribution in [1.29, 1.82) is 0 Å². The first-order valence-electron chi connectivity index (χ1n) is 7.60. The minimum atomic E-state index is -0.452. The number of ether oxygens (including phenoxy) is 1. The van der Waals surface area contributed by atoms with Crippen LogP contribution >= 0.6 is 0 Å². The highest BCUT2D eigenvalue weighted by molar-refractivity contribution is 5.96. The van der Waals surface area contributed by atoms with Crippen LogP contribution in [-0.2, 0) is 4.79 Å². The largest absolute Gasteiger partial charge is 0.478 e. The zero-order chi connectivity index (χ0) is 17.9. The van der Waals surface area contributed by atoms with Crippen molar-refractivity contribution in [2.45, 2.75) is 0 Å². The first-order chi connectivity index (χ1) is 12.2. The molecule has 0 bridgehead atoms. The maximum atomic E-state index is 13.3. The molecule has 0 aromatic heterocycles. The quantitative estimate of drug-likeness (QED) is 0.788. The maximum absolute atomic E-state index is 13.3. The van der Waals surface area contributed by atoms with Gasteiger partial charge < -0.3 is 15.4 Å². The summed E-state index contributed by atoms with van der Waals surface area (Å²) in [6.45, 7) is -0.0106. The van der Waals surface area contributed by atoms with Crippen LogP contribution in [-0.4, -0.2) is 31.5 Å². The topological polar surface area (TPSA) is 67.4 Å². The monoisotopic (exact) mass is 340 g/mol. The molecule has 128 valence electrons. The van der Waals surface area contributed by atoms with E-state index in [1.165, 1.54) is 12.1 Å². The third-order valence-corrected chi connectivity index (χ3v) is 3.08. The van der Waals surface area contributed by atoms with Gasteiger partial charge in [-0.1, -0.05) is 42.2 Å². The van der Waals surface area contributed by atoms with Crippen molar-refractivity contribution in [3.63, 3.8) is 0 Å². The Balaban J connectivity index is 1.63. The molecular formula is C19H17FN2O3. The van der Waals surface area contributed by atoms with Gasteiger partial charge in [-0.2, -0.15) is 0 Å². The predicted octanol–water partition coefficient (Wildman–Crippen LogP) is 1.75. The summed E-state index contributed by atoms with van der Waals surface area (Å²) in [4.78, 5) is 23.4. The van der Waals surface area contributed by atoms with Gasteiger partial charge in [-0.15, -0.1) is 0 Å². The number of nitrogens with one attached hydrogen (secondary N) is 2. The molecule has 2 aromatic carbocycles. The minimum Gasteiger partial charge on any atom is -0.478 e. The molecule has 2 amide bonds. The summed E-state index contributed by atoms with van der Waals surface area (Å²) in [6.07, 6.45) is 0. The Hall–Kier alpha value is -3.33. The zero-order valence-corrected chi connectivity index (χ0v) is 13.4. The number of carbonyl (C=O) groups is 2. The molecular weight excluding hydrogens is 323 g/mol. The molecule has 0 aliphatic carbocycles. The van der Waals surface area contributed by atoms with E-state index >= 15 is 0 Å². The fourth-order valence-electron chi connectivity index (χ4n) is 1.85. The molecule has 0 saturated heterocycles. The van der Waals surface area contributed by atoms with Crippen LogP contribution in [0.25, 0.3) is 0 Å². The van der Waals surface area contributed by atoms with Gasteiger partial charge in [0.2, 0.25) is 5.91 Å². The van der Waals surface area contributed by atoms with Crippen LogP contribution in [0, 0.1) is 17.7 Å². The fourth-order valence-corrected chi connectivity index (χ4v) is 1.85. The molecule has 5 nitrogen and oxygen atoms in total. The summed E-state index contributed by atoms with van der Waals surface area (Å²) in [5.41, 5.74) is 0.486. The van der Waals surface area contributed by atoms with Gasteiger partial charge in [0, 0.05) is 5.56 Å². The van der Waals surface area contributed by atoms with Crippen molar-refractivity contribution in [2.24, 2.45) is 0 Å². The summed E-state index contributed by atoms with van der Waals surface area (Å²) in [6, 6.07) is 14.7. The van der Waals surface area contributed by atoms with E-state index in [9.17, 15) is 14.0 Å². The van der Waals surface area contributed by atoms with Crippen LogP contribution in [0.15, 0.2) is 54.6 Å². The van der Waals surface area contributed by atoms with E-state index in [0.717, 1.165) is 0 Å². The fraction of sp³-hybridized carbons (Fsp3) is 0.158. The number of hydrogen-bond donors (Lipinski definition) is 2. The number of carbonyl (C=O) groups excluding carboxylic acids is 2. The molecule has 0 spiro atoms. The maximum Gasteiger partial charge on any atom is 0.251 e.